The second-order valence-corrected chi connectivity index (χ2v) is 6.81. The van der Waals surface area contributed by atoms with E-state index in [0.717, 1.165) is 21.3 Å². The van der Waals surface area contributed by atoms with E-state index in [4.69, 9.17) is 0 Å². The first-order valence-corrected chi connectivity index (χ1v) is 8.53. The van der Waals surface area contributed by atoms with Gasteiger partial charge in [-0.15, -0.1) is 0 Å². The van der Waals surface area contributed by atoms with Gasteiger partial charge in [-0.25, -0.2) is 5.10 Å². The fourth-order valence-corrected chi connectivity index (χ4v) is 3.59. The Bertz CT molecular complexity index is 1020. The van der Waals surface area contributed by atoms with E-state index in [1.54, 1.807) is 10.7 Å². The summed E-state index contributed by atoms with van der Waals surface area (Å²) < 4.78 is 2.52. The Morgan fingerprint density at radius 2 is 2.08 bits per heavy atom. The summed E-state index contributed by atoms with van der Waals surface area (Å²) >= 11 is 3.49. The Hall–Kier alpha value is -2.74. The van der Waals surface area contributed by atoms with E-state index in [1.165, 1.54) is 6.07 Å². The molecule has 0 saturated carbocycles. The Balaban J connectivity index is 1.89. The summed E-state index contributed by atoms with van der Waals surface area (Å²) in [6.45, 7) is 1.91. The number of carbonyl (C=O) groups excluding carboxylic acids is 1. The monoisotopic (exact) mass is 399 g/mol. The van der Waals surface area contributed by atoms with Gasteiger partial charge in [0, 0.05) is 28.4 Å². The molecule has 3 heterocycles. The third-order valence-electron chi connectivity index (χ3n) is 4.23. The smallest absolute Gasteiger partial charge is 0.264 e. The number of H-pyrrole nitrogens is 1. The molecule has 25 heavy (non-hydrogen) atoms. The molecular weight excluding hydrogens is 386 g/mol. The molecule has 4 rings (SSSR count). The van der Waals surface area contributed by atoms with Gasteiger partial charge in [0.05, 0.1) is 5.69 Å². The number of rotatable bonds is 2. The zero-order valence-corrected chi connectivity index (χ0v) is 14.9. The molecule has 1 aliphatic heterocycles. The first-order chi connectivity index (χ1) is 12.0. The second kappa shape index (κ2) is 5.96. The number of nitrogens with zero attached hydrogens (tertiary/aromatic N) is 3. The summed E-state index contributed by atoms with van der Waals surface area (Å²) in [5.74, 6) is 0.873. The minimum absolute atomic E-state index is 0.0805. The molecule has 0 unspecified atom stereocenters. The number of hydrogen-bond acceptors (Lipinski definition) is 4. The van der Waals surface area contributed by atoms with Crippen LogP contribution in [0.4, 0.5) is 5.82 Å². The Labute approximate surface area is 151 Å². The molecule has 0 radical (unpaired) electrons. The summed E-state index contributed by atoms with van der Waals surface area (Å²) in [5.41, 5.74) is 2.53. The highest BCUT2D eigenvalue weighted by molar-refractivity contribution is 9.10. The van der Waals surface area contributed by atoms with Crippen LogP contribution in [0.5, 0.6) is 0 Å². The third-order valence-corrected chi connectivity index (χ3v) is 4.73. The van der Waals surface area contributed by atoms with Crippen LogP contribution in [0.3, 0.4) is 0 Å². The zero-order valence-electron chi connectivity index (χ0n) is 13.3. The predicted molar refractivity (Wildman–Crippen MR) is 95.9 cm³/mol. The lowest BCUT2D eigenvalue weighted by Gasteiger charge is -2.24. The molecule has 1 atom stereocenters. The SMILES string of the molecule is Cc1nn(-c2ccc(=O)[nH]n2)c2c1[C@@H](c1cccc(Br)c1)CC(=O)N2. The fourth-order valence-electron chi connectivity index (χ4n) is 3.18. The van der Waals surface area contributed by atoms with Crippen molar-refractivity contribution in [3.8, 4) is 5.82 Å². The van der Waals surface area contributed by atoms with Crippen LogP contribution in [0, 0.1) is 6.92 Å². The van der Waals surface area contributed by atoms with E-state index in [-0.39, 0.29) is 17.4 Å². The Morgan fingerprint density at radius 3 is 2.80 bits per heavy atom. The van der Waals surface area contributed by atoms with Crippen LogP contribution in [0.2, 0.25) is 0 Å². The third kappa shape index (κ3) is 2.78. The Kier molecular flexibility index (Phi) is 3.76. The largest absolute Gasteiger partial charge is 0.310 e. The van der Waals surface area contributed by atoms with Crippen molar-refractivity contribution in [3.05, 3.63) is 68.0 Å². The van der Waals surface area contributed by atoms with Gasteiger partial charge in [0.1, 0.15) is 5.82 Å². The van der Waals surface area contributed by atoms with Gasteiger partial charge in [0.15, 0.2) is 5.82 Å². The molecule has 1 aliphatic rings. The number of carbonyl (C=O) groups is 1. The van der Waals surface area contributed by atoms with Crippen molar-refractivity contribution in [2.75, 3.05) is 5.32 Å². The molecule has 1 amide bonds. The van der Waals surface area contributed by atoms with Crippen molar-refractivity contribution >= 4 is 27.7 Å². The van der Waals surface area contributed by atoms with Crippen LogP contribution < -0.4 is 10.9 Å². The standard InChI is InChI=1S/C17H14BrN5O2/c1-9-16-12(10-3-2-4-11(18)7-10)8-15(25)19-17(16)23(22-9)13-5-6-14(24)21-20-13/h2-7,12H,8H2,1H3,(H,19,25)(H,21,24)/t12-/m1/s1. The van der Waals surface area contributed by atoms with Gasteiger partial charge in [0.2, 0.25) is 5.91 Å². The summed E-state index contributed by atoms with van der Waals surface area (Å²) in [6, 6.07) is 10.9. The highest BCUT2D eigenvalue weighted by atomic mass is 79.9. The molecule has 126 valence electrons. The average Bonchev–Trinajstić information content (AvgIpc) is 2.91. The van der Waals surface area contributed by atoms with Crippen molar-refractivity contribution in [1.29, 1.82) is 0 Å². The molecular formula is C17H14BrN5O2. The van der Waals surface area contributed by atoms with E-state index in [9.17, 15) is 9.59 Å². The molecule has 0 bridgehead atoms. The maximum Gasteiger partial charge on any atom is 0.264 e. The molecule has 0 aliphatic carbocycles. The van der Waals surface area contributed by atoms with Gasteiger partial charge in [0.25, 0.3) is 5.56 Å². The molecule has 2 aromatic heterocycles. The van der Waals surface area contributed by atoms with Crippen LogP contribution in [-0.2, 0) is 4.79 Å². The minimum atomic E-state index is -0.294. The van der Waals surface area contributed by atoms with Gasteiger partial charge in [-0.3, -0.25) is 9.59 Å². The lowest BCUT2D eigenvalue weighted by molar-refractivity contribution is -0.116. The van der Waals surface area contributed by atoms with Crippen molar-refractivity contribution in [3.63, 3.8) is 0 Å². The quantitative estimate of drug-likeness (QED) is 0.692. The van der Waals surface area contributed by atoms with E-state index < -0.39 is 0 Å². The molecule has 0 spiro atoms. The number of hydrogen-bond donors (Lipinski definition) is 2. The molecule has 2 N–H and O–H groups in total. The van der Waals surface area contributed by atoms with Gasteiger partial charge in [-0.1, -0.05) is 28.1 Å². The van der Waals surface area contributed by atoms with E-state index >= 15 is 0 Å². The number of benzene rings is 1. The van der Waals surface area contributed by atoms with E-state index in [0.29, 0.717) is 18.1 Å². The lowest BCUT2D eigenvalue weighted by Crippen LogP contribution is -2.25. The molecule has 7 nitrogen and oxygen atoms in total. The lowest BCUT2D eigenvalue weighted by atomic mass is 9.86. The molecule has 0 saturated heterocycles. The molecule has 3 aromatic rings. The second-order valence-electron chi connectivity index (χ2n) is 5.90. The number of amides is 1. The van der Waals surface area contributed by atoms with Gasteiger partial charge in [-0.2, -0.15) is 14.9 Å². The van der Waals surface area contributed by atoms with Crippen molar-refractivity contribution < 1.29 is 4.79 Å². The van der Waals surface area contributed by atoms with Crippen LogP contribution in [-0.4, -0.2) is 25.9 Å². The van der Waals surface area contributed by atoms with Gasteiger partial charge >= 0.3 is 0 Å². The van der Waals surface area contributed by atoms with Gasteiger partial charge < -0.3 is 5.32 Å². The van der Waals surface area contributed by atoms with Crippen LogP contribution >= 0.6 is 15.9 Å². The number of nitrogens with one attached hydrogen (secondary N) is 2. The number of aromatic amines is 1. The zero-order chi connectivity index (χ0) is 17.6. The maximum absolute atomic E-state index is 12.3. The highest BCUT2D eigenvalue weighted by Crippen LogP contribution is 2.40. The van der Waals surface area contributed by atoms with Gasteiger partial charge in [-0.05, 0) is 30.7 Å². The van der Waals surface area contributed by atoms with Crippen LogP contribution in [0.25, 0.3) is 5.82 Å². The summed E-state index contributed by atoms with van der Waals surface area (Å²) in [4.78, 5) is 23.5. The Morgan fingerprint density at radius 1 is 1.24 bits per heavy atom. The number of fused-ring (bicyclic) bond motifs is 1. The molecule has 0 fully saturated rings. The minimum Gasteiger partial charge on any atom is -0.310 e. The molecule has 8 heteroatoms. The number of halogens is 1. The normalized spacial score (nSPS) is 16.4. The first kappa shape index (κ1) is 15.8. The fraction of sp³-hybridized carbons (Fsp3) is 0.176. The summed E-state index contributed by atoms with van der Waals surface area (Å²) in [6.07, 6.45) is 0.356. The van der Waals surface area contributed by atoms with E-state index in [1.807, 2.05) is 31.2 Å². The predicted octanol–water partition coefficient (Wildman–Crippen LogP) is 2.50. The first-order valence-electron chi connectivity index (χ1n) is 7.74. The topological polar surface area (TPSA) is 92.7 Å². The number of aromatic nitrogens is 4. The van der Waals surface area contributed by atoms with Crippen LogP contribution in [0.15, 0.2) is 45.7 Å². The van der Waals surface area contributed by atoms with Crippen molar-refractivity contribution in [2.24, 2.45) is 0 Å². The molecule has 1 aromatic carbocycles. The van der Waals surface area contributed by atoms with E-state index in [2.05, 4.69) is 36.5 Å². The average molecular weight is 400 g/mol. The van der Waals surface area contributed by atoms with Crippen LogP contribution in [0.1, 0.15) is 29.2 Å². The maximum atomic E-state index is 12.3. The van der Waals surface area contributed by atoms with Crippen molar-refractivity contribution in [2.45, 2.75) is 19.3 Å². The number of aryl methyl sites for hydroxylation is 1. The number of anilines is 1. The summed E-state index contributed by atoms with van der Waals surface area (Å²) in [5, 5.41) is 13.8. The highest BCUT2D eigenvalue weighted by Gasteiger charge is 2.32. The van der Waals surface area contributed by atoms with Crippen molar-refractivity contribution in [1.82, 2.24) is 20.0 Å². The summed E-state index contributed by atoms with van der Waals surface area (Å²) in [7, 11) is 0.